The molecular weight excluding hydrogens is 526 g/mol. The quantitative estimate of drug-likeness (QED) is 0.496. The van der Waals surface area contributed by atoms with Crippen molar-refractivity contribution in [2.45, 2.75) is 50.4 Å². The van der Waals surface area contributed by atoms with Gasteiger partial charge in [0.25, 0.3) is 5.56 Å². The number of hydrogen-bond acceptors (Lipinski definition) is 5. The van der Waals surface area contributed by atoms with Crippen LogP contribution in [0.15, 0.2) is 45.7 Å². The van der Waals surface area contributed by atoms with E-state index in [-0.39, 0.29) is 11.0 Å². The number of aromatic nitrogens is 2. The van der Waals surface area contributed by atoms with Crippen LogP contribution in [0.4, 0.5) is 5.69 Å². The summed E-state index contributed by atoms with van der Waals surface area (Å²) in [4.78, 5) is 23.3. The lowest BCUT2D eigenvalue weighted by Gasteiger charge is -2.37. The maximum Gasteiger partial charge on any atom is 0.281 e. The van der Waals surface area contributed by atoms with Crippen molar-refractivity contribution >= 4 is 32.5 Å². The van der Waals surface area contributed by atoms with Gasteiger partial charge in [0.15, 0.2) is 0 Å². The zero-order valence-electron chi connectivity index (χ0n) is 21.5. The number of benzene rings is 2. The second-order valence-electron chi connectivity index (χ2n) is 11.5. The van der Waals surface area contributed by atoms with E-state index in [0.29, 0.717) is 5.39 Å². The first-order chi connectivity index (χ1) is 18.1. The molecule has 7 heteroatoms. The van der Waals surface area contributed by atoms with Gasteiger partial charge in [-0.25, -0.2) is 0 Å². The molecule has 3 aliphatic heterocycles. The number of halogens is 1. The van der Waals surface area contributed by atoms with Crippen molar-refractivity contribution in [2.75, 3.05) is 50.7 Å². The number of hydrogen-bond donors (Lipinski definition) is 1. The fourth-order valence-electron chi connectivity index (χ4n) is 7.50. The van der Waals surface area contributed by atoms with Gasteiger partial charge in [0, 0.05) is 56.0 Å². The molecule has 0 bridgehead atoms. The molecule has 3 fully saturated rings. The van der Waals surface area contributed by atoms with E-state index in [1.54, 1.807) is 0 Å². The molecule has 1 aliphatic carbocycles. The molecule has 1 saturated carbocycles. The minimum atomic E-state index is -0.141. The molecule has 2 aromatic carbocycles. The third kappa shape index (κ3) is 3.96. The summed E-state index contributed by atoms with van der Waals surface area (Å²) in [6.45, 7) is 8.10. The van der Waals surface area contributed by atoms with Crippen molar-refractivity contribution in [3.63, 3.8) is 0 Å². The van der Waals surface area contributed by atoms with Gasteiger partial charge >= 0.3 is 0 Å². The Bertz CT molecular complexity index is 1380. The maximum absolute atomic E-state index is 13.3. The molecule has 0 unspecified atom stereocenters. The van der Waals surface area contributed by atoms with E-state index in [4.69, 9.17) is 4.98 Å². The molecule has 2 saturated heterocycles. The molecule has 0 atom stereocenters. The van der Waals surface area contributed by atoms with E-state index in [1.807, 2.05) is 12.1 Å². The zero-order chi connectivity index (χ0) is 25.0. The van der Waals surface area contributed by atoms with Gasteiger partial charge in [-0.1, -0.05) is 31.4 Å². The summed E-state index contributed by atoms with van der Waals surface area (Å²) in [6, 6.07) is 13.2. The first-order valence-electron chi connectivity index (χ1n) is 14.2. The molecular formula is C30H36BrN5O. The van der Waals surface area contributed by atoms with Crippen LogP contribution in [0.1, 0.15) is 56.3 Å². The summed E-state index contributed by atoms with van der Waals surface area (Å²) >= 11 is 3.63. The van der Waals surface area contributed by atoms with Gasteiger partial charge in [-0.3, -0.25) is 9.36 Å². The van der Waals surface area contributed by atoms with Gasteiger partial charge < -0.3 is 15.1 Å². The zero-order valence-corrected chi connectivity index (χ0v) is 23.1. The van der Waals surface area contributed by atoms with Crippen LogP contribution in [-0.4, -0.2) is 60.3 Å². The summed E-state index contributed by atoms with van der Waals surface area (Å²) in [5.41, 5.74) is 4.62. The van der Waals surface area contributed by atoms with Crippen molar-refractivity contribution in [3.05, 3.63) is 62.6 Å². The third-order valence-corrected chi connectivity index (χ3v) is 10.1. The van der Waals surface area contributed by atoms with Gasteiger partial charge in [0.1, 0.15) is 5.82 Å². The molecule has 0 amide bonds. The lowest BCUT2D eigenvalue weighted by atomic mass is 9.70. The second-order valence-corrected chi connectivity index (χ2v) is 12.4. The fourth-order valence-corrected chi connectivity index (χ4v) is 8.02. The lowest BCUT2D eigenvalue weighted by Crippen LogP contribution is -2.46. The minimum Gasteiger partial charge on any atom is -0.371 e. The number of piperidine rings is 1. The Morgan fingerprint density at radius 3 is 2.57 bits per heavy atom. The third-order valence-electron chi connectivity index (χ3n) is 9.44. The predicted molar refractivity (Wildman–Crippen MR) is 153 cm³/mol. The molecule has 1 aromatic heterocycles. The van der Waals surface area contributed by atoms with Crippen LogP contribution in [0.5, 0.6) is 0 Å². The van der Waals surface area contributed by atoms with Crippen molar-refractivity contribution in [1.29, 1.82) is 0 Å². The van der Waals surface area contributed by atoms with Crippen LogP contribution in [0, 0.1) is 5.92 Å². The van der Waals surface area contributed by atoms with Crippen LogP contribution in [0.25, 0.3) is 16.6 Å². The highest BCUT2D eigenvalue weighted by Crippen LogP contribution is 2.52. The Hall–Kier alpha value is -2.22. The Kier molecular flexibility index (Phi) is 6.13. The monoisotopic (exact) mass is 561 g/mol. The van der Waals surface area contributed by atoms with Gasteiger partial charge in [0.2, 0.25) is 0 Å². The number of piperazine rings is 1. The fraction of sp³-hybridized carbons (Fsp3) is 0.533. The second kappa shape index (κ2) is 9.51. The number of nitrogens with zero attached hydrogens (tertiary/aromatic N) is 4. The normalized spacial score (nSPS) is 21.9. The lowest BCUT2D eigenvalue weighted by molar-refractivity contribution is 0.190. The molecule has 194 valence electrons. The van der Waals surface area contributed by atoms with Crippen molar-refractivity contribution in [3.8, 4) is 5.69 Å². The summed E-state index contributed by atoms with van der Waals surface area (Å²) in [5.74, 6) is 1.76. The highest BCUT2D eigenvalue weighted by Gasteiger charge is 2.46. The van der Waals surface area contributed by atoms with Crippen LogP contribution in [0.3, 0.4) is 0 Å². The first kappa shape index (κ1) is 23.9. The van der Waals surface area contributed by atoms with Crippen molar-refractivity contribution < 1.29 is 0 Å². The molecule has 7 rings (SSSR count). The van der Waals surface area contributed by atoms with E-state index in [0.717, 1.165) is 60.8 Å². The molecule has 4 heterocycles. The summed E-state index contributed by atoms with van der Waals surface area (Å²) < 4.78 is 3.15. The minimum absolute atomic E-state index is 0.113. The number of rotatable bonds is 3. The van der Waals surface area contributed by atoms with Gasteiger partial charge in [-0.2, -0.15) is 4.98 Å². The number of fused-ring (bicyclic) bond motifs is 7. The standard InChI is InChI=1S/C30H36BrN5O/c31-24-5-4-6-25-27(24)28(37)33-29-30(11-2-1-3-12-30)23-8-7-22(19-26(23)36(25)29)35-15-9-21(10-16-35)20-34-17-13-32-14-18-34/h4-8,19,21,32H,1-3,9-18,20H2. The number of anilines is 1. The van der Waals surface area contributed by atoms with Crippen LogP contribution in [0.2, 0.25) is 0 Å². The molecule has 6 nitrogen and oxygen atoms in total. The van der Waals surface area contributed by atoms with E-state index in [9.17, 15) is 4.79 Å². The van der Waals surface area contributed by atoms with Crippen molar-refractivity contribution in [2.24, 2.45) is 5.92 Å². The summed E-state index contributed by atoms with van der Waals surface area (Å²) in [6.07, 6.45) is 8.30. The van der Waals surface area contributed by atoms with Crippen LogP contribution < -0.4 is 15.8 Å². The molecule has 3 aromatic rings. The van der Waals surface area contributed by atoms with Crippen LogP contribution >= 0.6 is 15.9 Å². The van der Waals surface area contributed by atoms with E-state index in [2.05, 4.69) is 59.9 Å². The van der Waals surface area contributed by atoms with Gasteiger partial charge in [0.05, 0.1) is 22.0 Å². The predicted octanol–water partition coefficient (Wildman–Crippen LogP) is 4.83. The Balaban J connectivity index is 1.25. The van der Waals surface area contributed by atoms with E-state index in [1.165, 1.54) is 68.7 Å². The average molecular weight is 563 g/mol. The van der Waals surface area contributed by atoms with Crippen molar-refractivity contribution in [1.82, 2.24) is 19.8 Å². The van der Waals surface area contributed by atoms with Gasteiger partial charge in [-0.15, -0.1) is 0 Å². The smallest absolute Gasteiger partial charge is 0.281 e. The van der Waals surface area contributed by atoms with Gasteiger partial charge in [-0.05, 0) is 77.4 Å². The SMILES string of the molecule is O=c1nc2n(c3cccc(Br)c13)-c1cc(N3CCC(CN4CCNCC4)CC3)ccc1C21CCCCC1. The van der Waals surface area contributed by atoms with E-state index >= 15 is 0 Å². The Morgan fingerprint density at radius 2 is 1.78 bits per heavy atom. The molecule has 1 N–H and O–H groups in total. The number of nitrogens with one attached hydrogen (secondary N) is 1. The first-order valence-corrected chi connectivity index (χ1v) is 15.0. The summed E-state index contributed by atoms with van der Waals surface area (Å²) in [5, 5.41) is 4.15. The highest BCUT2D eigenvalue weighted by molar-refractivity contribution is 9.10. The van der Waals surface area contributed by atoms with Crippen LogP contribution in [-0.2, 0) is 5.41 Å². The van der Waals surface area contributed by atoms with E-state index < -0.39 is 0 Å². The highest BCUT2D eigenvalue weighted by atomic mass is 79.9. The molecule has 0 radical (unpaired) electrons. The topological polar surface area (TPSA) is 53.4 Å². The Morgan fingerprint density at radius 1 is 1.00 bits per heavy atom. The maximum atomic E-state index is 13.3. The summed E-state index contributed by atoms with van der Waals surface area (Å²) in [7, 11) is 0. The molecule has 4 aliphatic rings. The average Bonchev–Trinajstić information content (AvgIpc) is 3.18. The Labute approximate surface area is 227 Å². The molecule has 37 heavy (non-hydrogen) atoms. The molecule has 1 spiro atoms. The largest absolute Gasteiger partial charge is 0.371 e.